The molecular weight excluding hydrogens is 282 g/mol. The van der Waals surface area contributed by atoms with E-state index in [0.717, 1.165) is 12.0 Å². The maximum absolute atomic E-state index is 12.5. The second kappa shape index (κ2) is 6.81. The smallest absolute Gasteiger partial charge is 0.326 e. The zero-order chi connectivity index (χ0) is 16.3. The lowest BCUT2D eigenvalue weighted by molar-refractivity contribution is -0.150. The van der Waals surface area contributed by atoms with Gasteiger partial charge in [0, 0.05) is 6.54 Å². The van der Waals surface area contributed by atoms with Crippen LogP contribution in [0.3, 0.4) is 0 Å². The summed E-state index contributed by atoms with van der Waals surface area (Å²) in [7, 11) is 0. The molecule has 0 radical (unpaired) electrons. The van der Waals surface area contributed by atoms with Gasteiger partial charge in [0.25, 0.3) is 5.91 Å². The topological polar surface area (TPSA) is 66.8 Å². The van der Waals surface area contributed by atoms with Gasteiger partial charge in [0.15, 0.2) is 6.10 Å². The van der Waals surface area contributed by atoms with Gasteiger partial charge in [-0.3, -0.25) is 4.79 Å². The van der Waals surface area contributed by atoms with Crippen LogP contribution in [0.25, 0.3) is 0 Å². The van der Waals surface area contributed by atoms with Crippen LogP contribution in [0.15, 0.2) is 24.3 Å². The average molecular weight is 305 g/mol. The summed E-state index contributed by atoms with van der Waals surface area (Å²) in [4.78, 5) is 25.1. The van der Waals surface area contributed by atoms with Crippen LogP contribution in [0.5, 0.6) is 5.75 Å². The van der Waals surface area contributed by atoms with E-state index in [2.05, 4.69) is 13.8 Å². The van der Waals surface area contributed by atoms with Crippen LogP contribution in [-0.4, -0.2) is 40.6 Å². The van der Waals surface area contributed by atoms with Gasteiger partial charge in [0.2, 0.25) is 0 Å². The third-order valence-electron chi connectivity index (χ3n) is 4.01. The minimum absolute atomic E-state index is 0.261. The van der Waals surface area contributed by atoms with Gasteiger partial charge < -0.3 is 14.7 Å². The fraction of sp³-hybridized carbons (Fsp3) is 0.529. The molecule has 1 aromatic rings. The highest BCUT2D eigenvalue weighted by Gasteiger charge is 2.36. The van der Waals surface area contributed by atoms with Crippen LogP contribution < -0.4 is 4.74 Å². The summed E-state index contributed by atoms with van der Waals surface area (Å²) in [5, 5.41) is 9.19. The predicted octanol–water partition coefficient (Wildman–Crippen LogP) is 2.65. The van der Waals surface area contributed by atoms with Crippen molar-refractivity contribution in [3.63, 3.8) is 0 Å². The van der Waals surface area contributed by atoms with Crippen molar-refractivity contribution in [2.75, 3.05) is 6.54 Å². The first-order valence-electron chi connectivity index (χ1n) is 7.70. The number of hydrogen-bond acceptors (Lipinski definition) is 3. The maximum atomic E-state index is 12.5. The Kier molecular flexibility index (Phi) is 5.06. The molecule has 1 amide bonds. The number of nitrogens with zero attached hydrogens (tertiary/aromatic N) is 1. The fourth-order valence-corrected chi connectivity index (χ4v) is 2.83. The van der Waals surface area contributed by atoms with E-state index in [0.29, 0.717) is 18.7 Å². The molecule has 5 nitrogen and oxygen atoms in total. The first-order chi connectivity index (χ1) is 10.4. The number of benzene rings is 1. The Labute approximate surface area is 130 Å². The predicted molar refractivity (Wildman–Crippen MR) is 83.0 cm³/mol. The molecule has 22 heavy (non-hydrogen) atoms. The summed E-state index contributed by atoms with van der Waals surface area (Å²) in [5.74, 6) is -0.231. The van der Waals surface area contributed by atoms with E-state index in [1.807, 2.05) is 24.3 Å². The quantitative estimate of drug-likeness (QED) is 0.908. The lowest BCUT2D eigenvalue weighted by Gasteiger charge is -2.26. The molecular formula is C17H23NO4. The lowest BCUT2D eigenvalue weighted by atomic mass is 10.0. The van der Waals surface area contributed by atoms with Crippen LogP contribution in [0.4, 0.5) is 0 Å². The van der Waals surface area contributed by atoms with Crippen molar-refractivity contribution in [2.45, 2.75) is 51.7 Å². The summed E-state index contributed by atoms with van der Waals surface area (Å²) in [6, 6.07) is 6.91. The summed E-state index contributed by atoms with van der Waals surface area (Å²) in [6.45, 7) is 6.29. The summed E-state index contributed by atoms with van der Waals surface area (Å²) in [6.07, 6.45) is 0.536. The van der Waals surface area contributed by atoms with E-state index in [-0.39, 0.29) is 11.8 Å². The Morgan fingerprint density at radius 1 is 1.27 bits per heavy atom. The number of hydrogen-bond donors (Lipinski definition) is 1. The molecule has 0 bridgehead atoms. The summed E-state index contributed by atoms with van der Waals surface area (Å²) >= 11 is 0. The molecule has 2 atom stereocenters. The number of carboxylic acid groups (broad SMARTS) is 1. The van der Waals surface area contributed by atoms with Gasteiger partial charge in [0.05, 0.1) is 0 Å². The number of para-hydroxylation sites is 1. The van der Waals surface area contributed by atoms with Crippen molar-refractivity contribution in [1.29, 1.82) is 0 Å². The molecule has 120 valence electrons. The second-order valence-electron chi connectivity index (χ2n) is 5.98. The van der Waals surface area contributed by atoms with Crippen LogP contribution in [0.2, 0.25) is 0 Å². The van der Waals surface area contributed by atoms with Gasteiger partial charge in [-0.1, -0.05) is 32.0 Å². The van der Waals surface area contributed by atoms with Gasteiger partial charge in [-0.15, -0.1) is 0 Å². The first kappa shape index (κ1) is 16.3. The van der Waals surface area contributed by atoms with Gasteiger partial charge in [0.1, 0.15) is 11.8 Å². The zero-order valence-corrected chi connectivity index (χ0v) is 13.3. The number of carbonyl (C=O) groups excluding carboxylic acids is 1. The molecule has 0 saturated carbocycles. The van der Waals surface area contributed by atoms with E-state index in [1.54, 1.807) is 6.92 Å². The average Bonchev–Trinajstić information content (AvgIpc) is 2.96. The Bertz CT molecular complexity index is 555. The molecule has 0 spiro atoms. The van der Waals surface area contributed by atoms with E-state index in [9.17, 15) is 14.7 Å². The van der Waals surface area contributed by atoms with E-state index in [1.165, 1.54) is 4.90 Å². The molecule has 5 heteroatoms. The highest BCUT2D eigenvalue weighted by molar-refractivity contribution is 5.87. The van der Waals surface area contributed by atoms with E-state index in [4.69, 9.17) is 4.74 Å². The Hall–Kier alpha value is -2.04. The van der Waals surface area contributed by atoms with Gasteiger partial charge in [-0.25, -0.2) is 4.79 Å². The number of ether oxygens (including phenoxy) is 1. The largest absolute Gasteiger partial charge is 0.481 e. The van der Waals surface area contributed by atoms with Crippen LogP contribution in [0, 0.1) is 0 Å². The number of likely N-dealkylation sites (tertiary alicyclic amines) is 1. The van der Waals surface area contributed by atoms with Gasteiger partial charge in [-0.2, -0.15) is 0 Å². The number of carboxylic acids is 1. The third kappa shape index (κ3) is 3.40. The van der Waals surface area contributed by atoms with Crippen molar-refractivity contribution in [3.05, 3.63) is 29.8 Å². The summed E-state index contributed by atoms with van der Waals surface area (Å²) < 4.78 is 5.82. The minimum Gasteiger partial charge on any atom is -0.481 e. The Balaban J connectivity index is 2.10. The van der Waals surface area contributed by atoms with Gasteiger partial charge in [-0.05, 0) is 37.3 Å². The van der Waals surface area contributed by atoms with Crippen LogP contribution in [0.1, 0.15) is 45.1 Å². The number of rotatable bonds is 5. The number of aliphatic carboxylic acids is 1. The fourth-order valence-electron chi connectivity index (χ4n) is 2.83. The van der Waals surface area contributed by atoms with Gasteiger partial charge >= 0.3 is 5.97 Å². The second-order valence-corrected chi connectivity index (χ2v) is 5.98. The van der Waals surface area contributed by atoms with E-state index < -0.39 is 18.1 Å². The number of amides is 1. The van der Waals surface area contributed by atoms with Crippen LogP contribution >= 0.6 is 0 Å². The minimum atomic E-state index is -0.944. The molecule has 2 rings (SSSR count). The third-order valence-corrected chi connectivity index (χ3v) is 4.01. The molecule has 0 aromatic heterocycles. The molecule has 1 aliphatic heterocycles. The molecule has 1 heterocycles. The SMILES string of the molecule is CC(Oc1ccccc1C(C)C)C(=O)N1CCCC1C(=O)O. The van der Waals surface area contributed by atoms with Crippen LogP contribution in [-0.2, 0) is 9.59 Å². The molecule has 1 N–H and O–H groups in total. The molecule has 2 unspecified atom stereocenters. The zero-order valence-electron chi connectivity index (χ0n) is 13.3. The monoisotopic (exact) mass is 305 g/mol. The molecule has 0 aliphatic carbocycles. The highest BCUT2D eigenvalue weighted by Crippen LogP contribution is 2.27. The molecule has 1 aromatic carbocycles. The number of carbonyl (C=O) groups is 2. The van der Waals surface area contributed by atoms with Crippen molar-refractivity contribution in [3.8, 4) is 5.75 Å². The van der Waals surface area contributed by atoms with Crippen molar-refractivity contribution >= 4 is 11.9 Å². The highest BCUT2D eigenvalue weighted by atomic mass is 16.5. The first-order valence-corrected chi connectivity index (χ1v) is 7.70. The standard InChI is InChI=1S/C17H23NO4/c1-11(2)13-7-4-5-9-15(13)22-12(3)16(19)18-10-6-8-14(18)17(20)21/h4-5,7,9,11-12,14H,6,8,10H2,1-3H3,(H,20,21). The molecule has 1 aliphatic rings. The van der Waals surface area contributed by atoms with Crippen molar-refractivity contribution < 1.29 is 19.4 Å². The molecule has 1 saturated heterocycles. The lowest BCUT2D eigenvalue weighted by Crippen LogP contribution is -2.46. The Morgan fingerprint density at radius 3 is 2.59 bits per heavy atom. The normalized spacial score (nSPS) is 19.3. The van der Waals surface area contributed by atoms with Crippen molar-refractivity contribution in [2.24, 2.45) is 0 Å². The van der Waals surface area contributed by atoms with E-state index >= 15 is 0 Å². The summed E-state index contributed by atoms with van der Waals surface area (Å²) in [5.41, 5.74) is 1.04. The maximum Gasteiger partial charge on any atom is 0.326 e. The molecule has 1 fully saturated rings. The Morgan fingerprint density at radius 2 is 1.95 bits per heavy atom. The van der Waals surface area contributed by atoms with Crippen molar-refractivity contribution in [1.82, 2.24) is 4.90 Å².